The van der Waals surface area contributed by atoms with Gasteiger partial charge in [0.1, 0.15) is 48.3 Å². The molecule has 2 aromatic carbocycles. The van der Waals surface area contributed by atoms with Crippen molar-refractivity contribution in [3.63, 3.8) is 0 Å². The minimum Gasteiger partial charge on any atom is -0.493 e. The molecule has 0 radical (unpaired) electrons. The maximum atomic E-state index is 11.2. The Balaban J connectivity index is 1.11. The van der Waals surface area contributed by atoms with E-state index >= 15 is 0 Å². The average molecular weight is 873 g/mol. The zero-order chi connectivity index (χ0) is 43.9. The van der Waals surface area contributed by atoms with Gasteiger partial charge < -0.3 is 103 Å². The van der Waals surface area contributed by atoms with Crippen LogP contribution < -0.4 is 28.4 Å². The predicted molar refractivity (Wildman–Crippen MR) is 202 cm³/mol. The van der Waals surface area contributed by atoms with E-state index in [0.29, 0.717) is 11.1 Å². The molecule has 21 nitrogen and oxygen atoms in total. The fraction of sp³-hybridized carbons (Fsp3) is 0.700. The first-order valence-corrected chi connectivity index (χ1v) is 19.9. The number of aliphatic hydroxyl groups excluding tert-OH is 9. The Hall–Kier alpha value is -3.36. The first kappa shape index (κ1) is 45.7. The summed E-state index contributed by atoms with van der Waals surface area (Å²) in [5, 5.41) is 104. The van der Waals surface area contributed by atoms with Crippen molar-refractivity contribution < 1.29 is 103 Å². The number of fused-ring (bicyclic) bond motifs is 1. The minimum absolute atomic E-state index is 0.0375. The molecule has 5 fully saturated rings. The normalized spacial score (nSPS) is 39.8. The van der Waals surface area contributed by atoms with Crippen molar-refractivity contribution >= 4 is 0 Å². The maximum absolute atomic E-state index is 11.2. The van der Waals surface area contributed by atoms with Gasteiger partial charge in [-0.2, -0.15) is 0 Å². The highest BCUT2D eigenvalue weighted by atomic mass is 16.7. The summed E-state index contributed by atoms with van der Waals surface area (Å²) in [5.74, 6) is -0.557. The molecule has 5 heterocycles. The lowest BCUT2D eigenvalue weighted by molar-refractivity contribution is -0.277. The highest BCUT2D eigenvalue weighted by molar-refractivity contribution is 5.56. The smallest absolute Gasteiger partial charge is 0.229 e. The van der Waals surface area contributed by atoms with Crippen LogP contribution in [0, 0.1) is 17.8 Å². The van der Waals surface area contributed by atoms with Crippen molar-refractivity contribution in [1.82, 2.24) is 0 Å². The molecule has 10 N–H and O–H groups in total. The van der Waals surface area contributed by atoms with Crippen LogP contribution >= 0.6 is 0 Å². The summed E-state index contributed by atoms with van der Waals surface area (Å²) in [6.07, 6.45) is -17.1. The number of benzene rings is 2. The maximum Gasteiger partial charge on any atom is 0.229 e. The standard InChI is InChI=1S/C40H56O21/c1-51-21-5-16(6-22(52-2)35(21)60-38-18(28(44)29(45)26(10-41)58-38)9-25-37(49)40(50,14-43)15-57-25)33-19-12-56-34(20(19)13-55-33)17-7-23(53-3)36(24(8-17)54-4)61-39-32(48)31(47)30(46)27(11-42)59-39/h5-8,18-20,25-34,37-39,41-50H,9-15H2,1-4H3/t18-,19+,20+,25+,26-,27-,28+,29+,30+,31-,32-,33+,34-,37+,38-,39-,40-/m1/s1. The van der Waals surface area contributed by atoms with Gasteiger partial charge in [-0.3, -0.25) is 0 Å². The molecule has 5 saturated heterocycles. The van der Waals surface area contributed by atoms with Crippen molar-refractivity contribution in [1.29, 1.82) is 0 Å². The Morgan fingerprint density at radius 2 is 1.02 bits per heavy atom. The quantitative estimate of drug-likeness (QED) is 0.0870. The second kappa shape index (κ2) is 18.8. The lowest BCUT2D eigenvalue weighted by atomic mass is 9.84. The first-order valence-electron chi connectivity index (χ1n) is 19.9. The average Bonchev–Trinajstić information content (AvgIpc) is 3.97. The van der Waals surface area contributed by atoms with E-state index in [2.05, 4.69) is 0 Å². The van der Waals surface area contributed by atoms with Crippen molar-refractivity contribution in [3.05, 3.63) is 35.4 Å². The fourth-order valence-electron chi connectivity index (χ4n) is 8.88. The second-order valence-corrected chi connectivity index (χ2v) is 15.9. The molecule has 0 amide bonds. The van der Waals surface area contributed by atoms with Crippen LogP contribution in [0.1, 0.15) is 29.8 Å². The molecule has 17 atom stereocenters. The molecule has 21 heteroatoms. The van der Waals surface area contributed by atoms with Crippen LogP contribution in [-0.4, -0.2) is 192 Å². The topological polar surface area (TPSA) is 304 Å². The van der Waals surface area contributed by atoms with E-state index in [9.17, 15) is 51.1 Å². The summed E-state index contributed by atoms with van der Waals surface area (Å²) in [7, 11) is 5.64. The Labute approximate surface area is 350 Å². The molecule has 0 spiro atoms. The van der Waals surface area contributed by atoms with E-state index in [4.69, 9.17) is 52.1 Å². The molecular formula is C40H56O21. The van der Waals surface area contributed by atoms with Crippen LogP contribution in [0.4, 0.5) is 0 Å². The number of ether oxygens (including phenoxy) is 11. The lowest BCUT2D eigenvalue weighted by Gasteiger charge is -2.43. The minimum atomic E-state index is -1.93. The van der Waals surface area contributed by atoms with Gasteiger partial charge in [-0.05, 0) is 41.8 Å². The number of aliphatic hydroxyl groups is 10. The number of methoxy groups -OCH3 is 4. The van der Waals surface area contributed by atoms with Gasteiger partial charge in [-0.1, -0.05) is 0 Å². The third-order valence-corrected chi connectivity index (χ3v) is 12.4. The SMILES string of the molecule is COc1cc([C@H]2OC[C@H]3[C@@H]2CO[C@H]3c2cc(OC)c(O[C@H]3O[C@H](CO)[C@H](O)[C@@H](O)[C@H]3C[C@@H]3OC[C@](O)(CO)[C@H]3O)c(OC)c2)cc(OC)c1O[C@H]1O[C@H](CO)[C@H](O)[C@@H](O)[C@H]1O. The summed E-state index contributed by atoms with van der Waals surface area (Å²) >= 11 is 0. The number of hydrogen-bond acceptors (Lipinski definition) is 21. The van der Waals surface area contributed by atoms with Gasteiger partial charge in [0.05, 0.1) is 98.4 Å². The van der Waals surface area contributed by atoms with Crippen molar-refractivity contribution in [2.45, 2.75) is 91.7 Å². The van der Waals surface area contributed by atoms with E-state index in [-0.39, 0.29) is 72.6 Å². The lowest BCUT2D eigenvalue weighted by Crippen LogP contribution is -2.60. The van der Waals surface area contributed by atoms with Crippen molar-refractivity contribution in [2.24, 2.45) is 17.8 Å². The molecule has 0 saturated carbocycles. The van der Waals surface area contributed by atoms with Crippen LogP contribution in [0.2, 0.25) is 0 Å². The van der Waals surface area contributed by atoms with Crippen LogP contribution in [-0.2, 0) is 23.7 Å². The van der Waals surface area contributed by atoms with Gasteiger partial charge in [0.25, 0.3) is 0 Å². The van der Waals surface area contributed by atoms with E-state index in [1.165, 1.54) is 28.4 Å². The fourth-order valence-corrected chi connectivity index (χ4v) is 8.88. The van der Waals surface area contributed by atoms with E-state index < -0.39 is 111 Å². The summed E-state index contributed by atoms with van der Waals surface area (Å²) in [5.41, 5.74) is -0.606. The highest BCUT2D eigenvalue weighted by Crippen LogP contribution is 2.54. The van der Waals surface area contributed by atoms with Gasteiger partial charge in [-0.15, -0.1) is 0 Å². The molecule has 5 aliphatic rings. The second-order valence-electron chi connectivity index (χ2n) is 15.9. The third-order valence-electron chi connectivity index (χ3n) is 12.4. The van der Waals surface area contributed by atoms with Crippen molar-refractivity contribution in [2.75, 3.05) is 68.1 Å². The number of hydrogen-bond donors (Lipinski definition) is 10. The molecule has 0 aliphatic carbocycles. The van der Waals surface area contributed by atoms with E-state index in [1.807, 2.05) is 0 Å². The summed E-state index contributed by atoms with van der Waals surface area (Å²) < 4.78 is 64.9. The molecule has 0 bridgehead atoms. The molecular weight excluding hydrogens is 816 g/mol. The molecule has 61 heavy (non-hydrogen) atoms. The first-order chi connectivity index (χ1) is 29.2. The third kappa shape index (κ3) is 8.43. The monoisotopic (exact) mass is 872 g/mol. The highest BCUT2D eigenvalue weighted by Gasteiger charge is 2.54. The van der Waals surface area contributed by atoms with Gasteiger partial charge in [-0.25, -0.2) is 0 Å². The van der Waals surface area contributed by atoms with E-state index in [1.54, 1.807) is 24.3 Å². The Bertz CT molecular complexity index is 1750. The van der Waals surface area contributed by atoms with Crippen LogP contribution in [0.15, 0.2) is 24.3 Å². The van der Waals surface area contributed by atoms with Crippen molar-refractivity contribution in [3.8, 4) is 34.5 Å². The number of rotatable bonds is 15. The predicted octanol–water partition coefficient (Wildman–Crippen LogP) is -2.72. The largest absolute Gasteiger partial charge is 0.493 e. The van der Waals surface area contributed by atoms with E-state index in [0.717, 1.165) is 0 Å². The Morgan fingerprint density at radius 3 is 1.44 bits per heavy atom. The molecule has 2 aromatic rings. The molecule has 342 valence electrons. The zero-order valence-electron chi connectivity index (χ0n) is 34.0. The summed E-state index contributed by atoms with van der Waals surface area (Å²) in [6, 6.07) is 6.77. The molecule has 5 aliphatic heterocycles. The van der Waals surface area contributed by atoms with Gasteiger partial charge in [0.2, 0.25) is 24.1 Å². The van der Waals surface area contributed by atoms with Gasteiger partial charge in [0, 0.05) is 11.8 Å². The Kier molecular flexibility index (Phi) is 14.1. The molecule has 0 aromatic heterocycles. The zero-order valence-corrected chi connectivity index (χ0v) is 34.0. The van der Waals surface area contributed by atoms with Gasteiger partial charge in [0.15, 0.2) is 23.0 Å². The van der Waals surface area contributed by atoms with Crippen LogP contribution in [0.3, 0.4) is 0 Å². The van der Waals surface area contributed by atoms with Gasteiger partial charge >= 0.3 is 0 Å². The molecule has 7 rings (SSSR count). The van der Waals surface area contributed by atoms with Crippen LogP contribution in [0.5, 0.6) is 34.5 Å². The Morgan fingerprint density at radius 1 is 0.574 bits per heavy atom. The molecule has 0 unspecified atom stereocenters. The summed E-state index contributed by atoms with van der Waals surface area (Å²) in [4.78, 5) is 0. The summed E-state index contributed by atoms with van der Waals surface area (Å²) in [6.45, 7) is -1.86. The van der Waals surface area contributed by atoms with Crippen LogP contribution in [0.25, 0.3) is 0 Å².